The van der Waals surface area contributed by atoms with Crippen LogP contribution in [-0.2, 0) is 0 Å². The maximum atomic E-state index is 9.83. The van der Waals surface area contributed by atoms with Crippen molar-refractivity contribution in [3.63, 3.8) is 0 Å². The minimum absolute atomic E-state index is 0.125. The molecule has 2 N–H and O–H groups in total. The summed E-state index contributed by atoms with van der Waals surface area (Å²) in [5.41, 5.74) is 2.26. The second kappa shape index (κ2) is 6.65. The molecule has 22 heavy (non-hydrogen) atoms. The van der Waals surface area contributed by atoms with Crippen molar-refractivity contribution in [2.24, 2.45) is 28.6 Å². The predicted octanol–water partition coefficient (Wildman–Crippen LogP) is 4.55. The summed E-state index contributed by atoms with van der Waals surface area (Å²) in [5, 5.41) is 19.0. The summed E-state index contributed by atoms with van der Waals surface area (Å²) in [7, 11) is 0. The van der Waals surface area contributed by atoms with Crippen LogP contribution in [0.2, 0.25) is 0 Å². The lowest BCUT2D eigenvalue weighted by Gasteiger charge is -2.58. The first kappa shape index (κ1) is 18.0. The van der Waals surface area contributed by atoms with E-state index in [1.807, 2.05) is 0 Å². The van der Waals surface area contributed by atoms with E-state index in [1.54, 1.807) is 0 Å². The minimum Gasteiger partial charge on any atom is -0.394 e. The number of fused-ring (bicyclic) bond motifs is 1. The largest absolute Gasteiger partial charge is 0.394 e. The summed E-state index contributed by atoms with van der Waals surface area (Å²) in [5.74, 6) is 1.54. The fourth-order valence-electron chi connectivity index (χ4n) is 5.61. The van der Waals surface area contributed by atoms with Crippen molar-refractivity contribution in [3.05, 3.63) is 12.2 Å². The zero-order chi connectivity index (χ0) is 16.5. The van der Waals surface area contributed by atoms with Crippen LogP contribution in [-0.4, -0.2) is 22.9 Å². The molecule has 2 saturated carbocycles. The number of hydrogen-bond donors (Lipinski definition) is 2. The highest BCUT2D eigenvalue weighted by atomic mass is 16.3. The molecule has 5 atom stereocenters. The quantitative estimate of drug-likeness (QED) is 0.731. The van der Waals surface area contributed by atoms with Gasteiger partial charge in [0.15, 0.2) is 0 Å². The zero-order valence-electron chi connectivity index (χ0n) is 15.1. The Morgan fingerprint density at radius 1 is 1.27 bits per heavy atom. The van der Waals surface area contributed by atoms with Crippen LogP contribution in [0.5, 0.6) is 0 Å². The fraction of sp³-hybridized carbons (Fsp3) is 0.900. The molecule has 2 aliphatic carbocycles. The van der Waals surface area contributed by atoms with Gasteiger partial charge in [-0.05, 0) is 67.1 Å². The lowest BCUT2D eigenvalue weighted by Crippen LogP contribution is -2.49. The molecule has 0 radical (unpaired) electrons. The molecule has 2 fully saturated rings. The summed E-state index contributed by atoms with van der Waals surface area (Å²) in [6.45, 7) is 13.8. The molecule has 0 unspecified atom stereocenters. The summed E-state index contributed by atoms with van der Waals surface area (Å²) in [4.78, 5) is 0. The van der Waals surface area contributed by atoms with E-state index in [-0.39, 0.29) is 12.5 Å². The smallest absolute Gasteiger partial charge is 0.0796 e. The van der Waals surface area contributed by atoms with Gasteiger partial charge in [0.2, 0.25) is 0 Å². The molecule has 0 saturated heterocycles. The maximum absolute atomic E-state index is 9.83. The van der Waals surface area contributed by atoms with Crippen molar-refractivity contribution >= 4 is 0 Å². The third kappa shape index (κ3) is 3.28. The van der Waals surface area contributed by atoms with Crippen LogP contribution >= 0.6 is 0 Å². The highest BCUT2D eigenvalue weighted by Gasteiger charge is 2.52. The van der Waals surface area contributed by atoms with Gasteiger partial charge < -0.3 is 10.2 Å². The van der Waals surface area contributed by atoms with Crippen molar-refractivity contribution in [1.82, 2.24) is 0 Å². The van der Waals surface area contributed by atoms with E-state index in [4.69, 9.17) is 5.11 Å². The Balaban J connectivity index is 2.12. The van der Waals surface area contributed by atoms with Crippen molar-refractivity contribution in [3.8, 4) is 0 Å². The number of hydrogen-bond acceptors (Lipinski definition) is 2. The molecule has 2 aliphatic rings. The second-order valence-corrected chi connectivity index (χ2v) is 8.95. The van der Waals surface area contributed by atoms with Crippen LogP contribution in [0.25, 0.3) is 0 Å². The van der Waals surface area contributed by atoms with E-state index in [0.29, 0.717) is 16.7 Å². The molecule has 2 rings (SSSR count). The highest BCUT2D eigenvalue weighted by Crippen LogP contribution is 2.61. The van der Waals surface area contributed by atoms with Gasteiger partial charge in [0.1, 0.15) is 0 Å². The van der Waals surface area contributed by atoms with Gasteiger partial charge in [0.25, 0.3) is 0 Å². The summed E-state index contributed by atoms with van der Waals surface area (Å²) >= 11 is 0. The summed E-state index contributed by atoms with van der Waals surface area (Å²) < 4.78 is 0. The monoisotopic (exact) mass is 308 g/mol. The number of allylic oxidation sites excluding steroid dienone is 1. The lowest BCUT2D eigenvalue weighted by atomic mass is 9.47. The first-order valence-electron chi connectivity index (χ1n) is 9.19. The van der Waals surface area contributed by atoms with Crippen LogP contribution in [0, 0.1) is 28.6 Å². The van der Waals surface area contributed by atoms with E-state index in [1.165, 1.54) is 37.7 Å². The van der Waals surface area contributed by atoms with Gasteiger partial charge >= 0.3 is 0 Å². The van der Waals surface area contributed by atoms with Crippen LogP contribution in [0.3, 0.4) is 0 Å². The van der Waals surface area contributed by atoms with Crippen LogP contribution in [0.4, 0.5) is 0 Å². The van der Waals surface area contributed by atoms with Crippen LogP contribution in [0.15, 0.2) is 12.2 Å². The lowest BCUT2D eigenvalue weighted by molar-refractivity contribution is -0.0569. The van der Waals surface area contributed by atoms with Gasteiger partial charge in [-0.2, -0.15) is 0 Å². The third-order valence-corrected chi connectivity index (χ3v) is 7.07. The van der Waals surface area contributed by atoms with Gasteiger partial charge in [-0.25, -0.2) is 0 Å². The Morgan fingerprint density at radius 2 is 1.95 bits per heavy atom. The fourth-order valence-corrected chi connectivity index (χ4v) is 5.61. The minimum atomic E-state index is -0.580. The zero-order valence-corrected chi connectivity index (χ0v) is 15.1. The number of aliphatic hydroxyl groups is 2. The van der Waals surface area contributed by atoms with Gasteiger partial charge in [-0.15, -0.1) is 0 Å². The molecular weight excluding hydrogens is 272 g/mol. The third-order valence-electron chi connectivity index (χ3n) is 7.07. The average molecular weight is 309 g/mol. The number of aliphatic hydroxyl groups excluding tert-OH is 2. The average Bonchev–Trinajstić information content (AvgIpc) is 2.44. The standard InChI is InChI=1S/C20H36O2/c1-14-8-10-18-19(3,4)11-6-12-20(18,5)16(14)9-7-15(2)17(22)13-21/h15-18,21-22H,1,6-13H2,2-5H3/t15-,16+,17+,18+,20-/m1/s1. The molecule has 0 aliphatic heterocycles. The first-order valence-corrected chi connectivity index (χ1v) is 9.19. The maximum Gasteiger partial charge on any atom is 0.0796 e. The molecule has 2 nitrogen and oxygen atoms in total. The molecule has 0 aromatic carbocycles. The molecule has 0 heterocycles. The molecule has 128 valence electrons. The van der Waals surface area contributed by atoms with Gasteiger partial charge in [0.05, 0.1) is 12.7 Å². The van der Waals surface area contributed by atoms with Crippen molar-refractivity contribution < 1.29 is 10.2 Å². The molecule has 0 amide bonds. The Labute approximate surface area is 137 Å². The second-order valence-electron chi connectivity index (χ2n) is 8.95. The van der Waals surface area contributed by atoms with Gasteiger partial charge in [-0.3, -0.25) is 0 Å². The van der Waals surface area contributed by atoms with Crippen LogP contribution < -0.4 is 0 Å². The predicted molar refractivity (Wildman–Crippen MR) is 92.6 cm³/mol. The van der Waals surface area contributed by atoms with E-state index in [9.17, 15) is 5.11 Å². The van der Waals surface area contributed by atoms with E-state index >= 15 is 0 Å². The summed E-state index contributed by atoms with van der Waals surface area (Å²) in [6.07, 6.45) is 7.99. The van der Waals surface area contributed by atoms with Gasteiger partial charge in [-0.1, -0.05) is 46.3 Å². The number of rotatable bonds is 5. The van der Waals surface area contributed by atoms with E-state index in [0.717, 1.165) is 18.8 Å². The summed E-state index contributed by atoms with van der Waals surface area (Å²) in [6, 6.07) is 0. The molecule has 0 spiro atoms. The topological polar surface area (TPSA) is 40.5 Å². The molecule has 2 heteroatoms. The SMILES string of the molecule is C=C1CC[C@H]2C(C)(C)CCC[C@]2(C)[C@H]1CC[C@@H](C)[C@@H](O)CO. The molecule has 0 bridgehead atoms. The molecule has 0 aromatic rings. The Hall–Kier alpha value is -0.340. The van der Waals surface area contributed by atoms with E-state index in [2.05, 4.69) is 34.3 Å². The Kier molecular flexibility index (Phi) is 5.44. The highest BCUT2D eigenvalue weighted by molar-refractivity contribution is 5.15. The van der Waals surface area contributed by atoms with E-state index < -0.39 is 6.10 Å². The normalized spacial score (nSPS) is 37.5. The Morgan fingerprint density at radius 3 is 2.59 bits per heavy atom. The molecule has 0 aromatic heterocycles. The van der Waals surface area contributed by atoms with Crippen LogP contribution in [0.1, 0.15) is 72.6 Å². The Bertz CT molecular complexity index is 401. The van der Waals surface area contributed by atoms with Crippen molar-refractivity contribution in [1.29, 1.82) is 0 Å². The van der Waals surface area contributed by atoms with Gasteiger partial charge in [0, 0.05) is 0 Å². The molecular formula is C20H36O2. The first-order chi connectivity index (χ1) is 10.2. The van der Waals surface area contributed by atoms with Crippen molar-refractivity contribution in [2.75, 3.05) is 6.61 Å². The van der Waals surface area contributed by atoms with Crippen molar-refractivity contribution in [2.45, 2.75) is 78.7 Å².